The predicted octanol–water partition coefficient (Wildman–Crippen LogP) is 4.18. The number of fused-ring (bicyclic) bond motifs is 3. The minimum atomic E-state index is -0.646. The average Bonchev–Trinajstić information content (AvgIpc) is 2.96. The Kier molecular flexibility index (Phi) is 2.91. The van der Waals surface area contributed by atoms with Gasteiger partial charge in [-0.25, -0.2) is 9.37 Å². The lowest BCUT2D eigenvalue weighted by atomic mass is 10.2. The molecule has 0 aliphatic rings. The first-order valence-corrected chi connectivity index (χ1v) is 6.76. The smallest absolute Gasteiger partial charge is 0.267 e. The zero-order valence-corrected chi connectivity index (χ0v) is 11.7. The van der Waals surface area contributed by atoms with Crippen LogP contribution in [0.25, 0.3) is 22.1 Å². The van der Waals surface area contributed by atoms with Gasteiger partial charge >= 0.3 is 0 Å². The summed E-state index contributed by atoms with van der Waals surface area (Å²) in [6.45, 7) is 0. The molecule has 0 bridgehead atoms. The molecule has 0 aliphatic carbocycles. The maximum atomic E-state index is 14.0. The van der Waals surface area contributed by atoms with Crippen molar-refractivity contribution < 1.29 is 13.5 Å². The highest BCUT2D eigenvalue weighted by atomic mass is 19.1. The van der Waals surface area contributed by atoms with Gasteiger partial charge in [0.05, 0.1) is 11.6 Å². The third kappa shape index (κ3) is 2.15. The van der Waals surface area contributed by atoms with Crippen molar-refractivity contribution in [2.45, 2.75) is 0 Å². The lowest BCUT2D eigenvalue weighted by Crippen LogP contribution is -1.93. The Morgan fingerprint density at radius 1 is 1.13 bits per heavy atom. The summed E-state index contributed by atoms with van der Waals surface area (Å²) < 4.78 is 25.2. The van der Waals surface area contributed by atoms with Gasteiger partial charge in [0.25, 0.3) is 5.88 Å². The third-order valence-electron chi connectivity index (χ3n) is 3.39. The fourth-order valence-corrected chi connectivity index (χ4v) is 2.33. The van der Waals surface area contributed by atoms with Crippen LogP contribution in [-0.2, 0) is 0 Å². The standard InChI is InChI=1S/C17H8FN3O2/c18-12-7-10(8-19)5-6-14(12)23-17-16-15(20-9-21-17)11-3-1-2-4-13(11)22-16/h1-7,9H. The monoisotopic (exact) mass is 305 g/mol. The molecule has 2 aromatic carbocycles. The first kappa shape index (κ1) is 13.2. The van der Waals surface area contributed by atoms with E-state index in [-0.39, 0.29) is 17.2 Å². The zero-order valence-electron chi connectivity index (χ0n) is 11.7. The van der Waals surface area contributed by atoms with Crippen molar-refractivity contribution in [2.75, 3.05) is 0 Å². The first-order chi connectivity index (χ1) is 11.3. The number of nitriles is 1. The van der Waals surface area contributed by atoms with Crippen molar-refractivity contribution in [3.8, 4) is 17.7 Å². The summed E-state index contributed by atoms with van der Waals surface area (Å²) in [7, 11) is 0. The largest absolute Gasteiger partial charge is 0.449 e. The molecule has 0 spiro atoms. The van der Waals surface area contributed by atoms with E-state index in [0.29, 0.717) is 16.7 Å². The molecule has 0 fully saturated rings. The van der Waals surface area contributed by atoms with Gasteiger partial charge in [-0.1, -0.05) is 12.1 Å². The lowest BCUT2D eigenvalue weighted by Gasteiger charge is -2.05. The number of para-hydroxylation sites is 1. The van der Waals surface area contributed by atoms with E-state index >= 15 is 0 Å². The third-order valence-corrected chi connectivity index (χ3v) is 3.39. The topological polar surface area (TPSA) is 71.9 Å². The molecule has 0 saturated heterocycles. The number of ether oxygens (including phenoxy) is 1. The van der Waals surface area contributed by atoms with Crippen molar-refractivity contribution in [3.63, 3.8) is 0 Å². The SMILES string of the molecule is N#Cc1ccc(Oc2ncnc3c2oc2ccccc23)c(F)c1. The molecule has 0 aliphatic heterocycles. The van der Waals surface area contributed by atoms with E-state index in [0.717, 1.165) is 11.5 Å². The summed E-state index contributed by atoms with van der Waals surface area (Å²) >= 11 is 0. The molecule has 0 unspecified atom stereocenters. The maximum absolute atomic E-state index is 14.0. The molecular weight excluding hydrogens is 297 g/mol. The normalized spacial score (nSPS) is 10.8. The number of aromatic nitrogens is 2. The highest BCUT2D eigenvalue weighted by Crippen LogP contribution is 2.34. The molecule has 4 rings (SSSR count). The average molecular weight is 305 g/mol. The number of halogens is 1. The molecule has 5 nitrogen and oxygen atoms in total. The van der Waals surface area contributed by atoms with E-state index in [4.69, 9.17) is 14.4 Å². The van der Waals surface area contributed by atoms with Crippen LogP contribution in [0.4, 0.5) is 4.39 Å². The Labute approximate surface area is 129 Å². The Morgan fingerprint density at radius 3 is 2.83 bits per heavy atom. The van der Waals surface area contributed by atoms with Gasteiger partial charge in [-0.2, -0.15) is 10.2 Å². The van der Waals surface area contributed by atoms with Gasteiger partial charge in [0.1, 0.15) is 17.4 Å². The van der Waals surface area contributed by atoms with Crippen LogP contribution in [0, 0.1) is 17.1 Å². The highest BCUT2D eigenvalue weighted by Gasteiger charge is 2.16. The molecule has 0 saturated carbocycles. The van der Waals surface area contributed by atoms with E-state index in [1.807, 2.05) is 30.3 Å². The van der Waals surface area contributed by atoms with Crippen LogP contribution in [0.15, 0.2) is 53.2 Å². The molecule has 0 radical (unpaired) electrons. The summed E-state index contributed by atoms with van der Waals surface area (Å²) in [5.41, 5.74) is 1.80. The number of rotatable bonds is 2. The first-order valence-electron chi connectivity index (χ1n) is 6.76. The van der Waals surface area contributed by atoms with Crippen molar-refractivity contribution >= 4 is 22.1 Å². The second-order valence-electron chi connectivity index (χ2n) is 4.81. The number of benzene rings is 2. The molecule has 4 aromatic rings. The maximum Gasteiger partial charge on any atom is 0.267 e. The molecule has 110 valence electrons. The molecular formula is C17H8FN3O2. The summed E-state index contributed by atoms with van der Waals surface area (Å²) in [4.78, 5) is 8.22. The van der Waals surface area contributed by atoms with Crippen molar-refractivity contribution in [2.24, 2.45) is 0 Å². The van der Waals surface area contributed by atoms with Crippen LogP contribution in [-0.4, -0.2) is 9.97 Å². The molecule has 2 aromatic heterocycles. The van der Waals surface area contributed by atoms with Crippen molar-refractivity contribution in [3.05, 3.63) is 60.2 Å². The van der Waals surface area contributed by atoms with Gasteiger partial charge in [-0.05, 0) is 30.3 Å². The molecule has 6 heteroatoms. The summed E-state index contributed by atoms with van der Waals surface area (Å²) in [5, 5.41) is 9.60. The lowest BCUT2D eigenvalue weighted by molar-refractivity contribution is 0.423. The minimum absolute atomic E-state index is 0.0375. The van der Waals surface area contributed by atoms with E-state index in [2.05, 4.69) is 9.97 Å². The van der Waals surface area contributed by atoms with E-state index in [9.17, 15) is 4.39 Å². The number of hydrogen-bond donors (Lipinski definition) is 0. The second-order valence-corrected chi connectivity index (χ2v) is 4.81. The van der Waals surface area contributed by atoms with Gasteiger partial charge in [-0.3, -0.25) is 0 Å². The number of hydrogen-bond acceptors (Lipinski definition) is 5. The number of furan rings is 1. The Bertz CT molecular complexity index is 1080. The van der Waals surface area contributed by atoms with Gasteiger partial charge < -0.3 is 9.15 Å². The molecule has 0 N–H and O–H groups in total. The summed E-state index contributed by atoms with van der Waals surface area (Å²) in [6.07, 6.45) is 1.33. The molecule has 23 heavy (non-hydrogen) atoms. The van der Waals surface area contributed by atoms with Gasteiger partial charge in [0, 0.05) is 5.39 Å². The molecule has 0 atom stereocenters. The van der Waals surface area contributed by atoms with Crippen LogP contribution in [0.5, 0.6) is 11.6 Å². The van der Waals surface area contributed by atoms with Gasteiger partial charge in [0.2, 0.25) is 5.58 Å². The minimum Gasteiger partial charge on any atom is -0.449 e. The van der Waals surface area contributed by atoms with E-state index in [1.54, 1.807) is 0 Å². The van der Waals surface area contributed by atoms with Gasteiger partial charge in [0.15, 0.2) is 11.6 Å². The van der Waals surface area contributed by atoms with Gasteiger partial charge in [-0.15, -0.1) is 0 Å². The Balaban J connectivity index is 1.85. The highest BCUT2D eigenvalue weighted by molar-refractivity contribution is 6.03. The predicted molar refractivity (Wildman–Crippen MR) is 80.5 cm³/mol. The van der Waals surface area contributed by atoms with Crippen LogP contribution < -0.4 is 4.74 Å². The Hall–Kier alpha value is -3.46. The fourth-order valence-electron chi connectivity index (χ4n) is 2.33. The zero-order chi connectivity index (χ0) is 15.8. The van der Waals surface area contributed by atoms with Crippen LogP contribution >= 0.6 is 0 Å². The summed E-state index contributed by atoms with van der Waals surface area (Å²) in [5.74, 6) is -0.564. The van der Waals surface area contributed by atoms with E-state index < -0.39 is 5.82 Å². The van der Waals surface area contributed by atoms with Crippen molar-refractivity contribution in [1.29, 1.82) is 5.26 Å². The van der Waals surface area contributed by atoms with Crippen molar-refractivity contribution in [1.82, 2.24) is 9.97 Å². The van der Waals surface area contributed by atoms with Crippen LogP contribution in [0.3, 0.4) is 0 Å². The van der Waals surface area contributed by atoms with Crippen LogP contribution in [0.1, 0.15) is 5.56 Å². The quantitative estimate of drug-likeness (QED) is 0.555. The second kappa shape index (κ2) is 5.07. The number of nitrogens with zero attached hydrogens (tertiary/aromatic N) is 3. The summed E-state index contributed by atoms with van der Waals surface area (Å²) in [6, 6.07) is 13.2. The molecule has 2 heterocycles. The molecule has 0 amide bonds. The fraction of sp³-hybridized carbons (Fsp3) is 0. The van der Waals surface area contributed by atoms with Crippen LogP contribution in [0.2, 0.25) is 0 Å². The Morgan fingerprint density at radius 2 is 2.00 bits per heavy atom. The van der Waals surface area contributed by atoms with E-state index in [1.165, 1.54) is 18.5 Å².